The Morgan fingerprint density at radius 1 is 1.16 bits per heavy atom. The molecule has 4 rings (SSSR count). The number of carbonyl (C=O) groups is 1. The van der Waals surface area contributed by atoms with E-state index >= 15 is 0 Å². The minimum absolute atomic E-state index is 0.222. The van der Waals surface area contributed by atoms with Crippen molar-refractivity contribution in [2.24, 2.45) is 5.41 Å². The lowest BCUT2D eigenvalue weighted by Crippen LogP contribution is -2.57. The lowest BCUT2D eigenvalue weighted by molar-refractivity contribution is -0.130. The highest BCUT2D eigenvalue weighted by molar-refractivity contribution is 6.30. The fourth-order valence-corrected chi connectivity index (χ4v) is 4.23. The van der Waals surface area contributed by atoms with E-state index in [-0.39, 0.29) is 11.3 Å². The molecular formula is C20H23ClN2O2. The second-order valence-electron chi connectivity index (χ2n) is 7.53. The van der Waals surface area contributed by atoms with Gasteiger partial charge in [0.15, 0.2) is 0 Å². The molecule has 0 saturated carbocycles. The SMILES string of the molecule is Cc1ccc(CN2CC3(CCN(C(=O)Cc4ccc(Cl)cc4)C3)C2)o1. The van der Waals surface area contributed by atoms with Crippen LogP contribution in [0.3, 0.4) is 0 Å². The standard InChI is InChI=1S/C20H23ClN2O2/c1-15-2-7-18(25-15)11-22-12-20(13-22)8-9-23(14-20)19(24)10-16-3-5-17(21)6-4-16/h2-7H,8-14H2,1H3. The molecule has 3 heterocycles. The number of furan rings is 1. The number of aryl methyl sites for hydroxylation is 1. The van der Waals surface area contributed by atoms with Gasteiger partial charge in [-0.2, -0.15) is 0 Å². The minimum atomic E-state index is 0.222. The van der Waals surface area contributed by atoms with E-state index in [0.717, 1.165) is 56.2 Å². The first-order valence-electron chi connectivity index (χ1n) is 8.81. The summed E-state index contributed by atoms with van der Waals surface area (Å²) in [5.41, 5.74) is 1.32. The molecule has 2 saturated heterocycles. The average molecular weight is 359 g/mol. The number of carbonyl (C=O) groups excluding carboxylic acids is 1. The Morgan fingerprint density at radius 2 is 1.92 bits per heavy atom. The minimum Gasteiger partial charge on any atom is -0.465 e. The van der Waals surface area contributed by atoms with Gasteiger partial charge < -0.3 is 9.32 Å². The molecule has 132 valence electrons. The van der Waals surface area contributed by atoms with Gasteiger partial charge in [0.25, 0.3) is 0 Å². The van der Waals surface area contributed by atoms with Crippen LogP contribution in [0.2, 0.25) is 5.02 Å². The first-order valence-corrected chi connectivity index (χ1v) is 9.19. The number of halogens is 1. The first-order chi connectivity index (χ1) is 12.0. The number of hydrogen-bond acceptors (Lipinski definition) is 3. The molecule has 0 atom stereocenters. The molecule has 0 radical (unpaired) electrons. The highest BCUT2D eigenvalue weighted by atomic mass is 35.5. The van der Waals surface area contributed by atoms with Gasteiger partial charge in [-0.15, -0.1) is 0 Å². The second-order valence-corrected chi connectivity index (χ2v) is 7.96. The van der Waals surface area contributed by atoms with E-state index < -0.39 is 0 Å². The van der Waals surface area contributed by atoms with E-state index in [0.29, 0.717) is 11.4 Å². The van der Waals surface area contributed by atoms with Crippen molar-refractivity contribution in [2.45, 2.75) is 26.3 Å². The van der Waals surface area contributed by atoms with Crippen molar-refractivity contribution in [1.29, 1.82) is 0 Å². The topological polar surface area (TPSA) is 36.7 Å². The Balaban J connectivity index is 1.28. The summed E-state index contributed by atoms with van der Waals surface area (Å²) in [6.45, 7) is 6.71. The maximum Gasteiger partial charge on any atom is 0.227 e. The molecule has 2 fully saturated rings. The summed E-state index contributed by atoms with van der Waals surface area (Å²) in [5, 5.41) is 0.706. The monoisotopic (exact) mass is 358 g/mol. The lowest BCUT2D eigenvalue weighted by Gasteiger charge is -2.47. The van der Waals surface area contributed by atoms with Crippen molar-refractivity contribution in [3.63, 3.8) is 0 Å². The summed E-state index contributed by atoms with van der Waals surface area (Å²) in [5.74, 6) is 2.21. The Bertz CT molecular complexity index is 762. The molecule has 2 aromatic rings. The van der Waals surface area contributed by atoms with Crippen molar-refractivity contribution < 1.29 is 9.21 Å². The molecule has 0 N–H and O–H groups in total. The average Bonchev–Trinajstić information content (AvgIpc) is 3.16. The van der Waals surface area contributed by atoms with Gasteiger partial charge in [0.05, 0.1) is 13.0 Å². The predicted molar refractivity (Wildman–Crippen MR) is 97.5 cm³/mol. The fourth-order valence-electron chi connectivity index (χ4n) is 4.10. The van der Waals surface area contributed by atoms with Crippen molar-refractivity contribution in [2.75, 3.05) is 26.2 Å². The maximum atomic E-state index is 12.6. The van der Waals surface area contributed by atoms with Crippen molar-refractivity contribution in [1.82, 2.24) is 9.80 Å². The molecule has 0 unspecified atom stereocenters. The Hall–Kier alpha value is -1.78. The smallest absolute Gasteiger partial charge is 0.227 e. The van der Waals surface area contributed by atoms with Gasteiger partial charge in [-0.1, -0.05) is 23.7 Å². The van der Waals surface area contributed by atoms with Gasteiger partial charge >= 0.3 is 0 Å². The number of hydrogen-bond donors (Lipinski definition) is 0. The van der Waals surface area contributed by atoms with Crippen molar-refractivity contribution in [3.8, 4) is 0 Å². The van der Waals surface area contributed by atoms with Crippen molar-refractivity contribution >= 4 is 17.5 Å². The van der Waals surface area contributed by atoms with E-state index in [1.165, 1.54) is 0 Å². The van der Waals surface area contributed by atoms with E-state index in [4.69, 9.17) is 16.0 Å². The van der Waals surface area contributed by atoms with Crippen LogP contribution in [0, 0.1) is 12.3 Å². The van der Waals surface area contributed by atoms with Gasteiger partial charge in [0, 0.05) is 36.6 Å². The fraction of sp³-hybridized carbons (Fsp3) is 0.450. The molecular weight excluding hydrogens is 336 g/mol. The number of likely N-dealkylation sites (tertiary alicyclic amines) is 2. The molecule has 1 aromatic carbocycles. The molecule has 4 nitrogen and oxygen atoms in total. The molecule has 5 heteroatoms. The Kier molecular flexibility index (Phi) is 4.34. The largest absolute Gasteiger partial charge is 0.465 e. The van der Waals surface area contributed by atoms with Crippen LogP contribution < -0.4 is 0 Å². The molecule has 1 spiro atoms. The van der Waals surface area contributed by atoms with Crippen LogP contribution in [0.15, 0.2) is 40.8 Å². The van der Waals surface area contributed by atoms with Crippen LogP contribution in [0.5, 0.6) is 0 Å². The number of nitrogens with zero attached hydrogens (tertiary/aromatic N) is 2. The molecule has 2 aliphatic heterocycles. The normalized spacial score (nSPS) is 19.4. The first kappa shape index (κ1) is 16.7. The van der Waals surface area contributed by atoms with E-state index in [2.05, 4.69) is 11.0 Å². The summed E-state index contributed by atoms with van der Waals surface area (Å²) in [4.78, 5) is 17.0. The number of amides is 1. The summed E-state index contributed by atoms with van der Waals surface area (Å²) in [6.07, 6.45) is 1.57. The summed E-state index contributed by atoms with van der Waals surface area (Å²) in [7, 11) is 0. The van der Waals surface area contributed by atoms with Crippen LogP contribution in [0.25, 0.3) is 0 Å². The van der Waals surface area contributed by atoms with Crippen LogP contribution in [0.1, 0.15) is 23.5 Å². The third kappa shape index (κ3) is 3.60. The van der Waals surface area contributed by atoms with Gasteiger partial charge in [-0.3, -0.25) is 9.69 Å². The van der Waals surface area contributed by atoms with Gasteiger partial charge in [0.1, 0.15) is 11.5 Å². The summed E-state index contributed by atoms with van der Waals surface area (Å²) < 4.78 is 5.66. The molecule has 2 aliphatic rings. The third-order valence-corrected chi connectivity index (χ3v) is 5.61. The van der Waals surface area contributed by atoms with Gasteiger partial charge in [-0.25, -0.2) is 0 Å². The van der Waals surface area contributed by atoms with Crippen LogP contribution in [-0.2, 0) is 17.8 Å². The molecule has 1 amide bonds. The highest BCUT2D eigenvalue weighted by Crippen LogP contribution is 2.40. The van der Waals surface area contributed by atoms with Gasteiger partial charge in [-0.05, 0) is 43.2 Å². The second kappa shape index (κ2) is 6.50. The summed E-state index contributed by atoms with van der Waals surface area (Å²) >= 11 is 5.91. The molecule has 1 aromatic heterocycles. The zero-order valence-corrected chi connectivity index (χ0v) is 15.3. The Morgan fingerprint density at radius 3 is 2.60 bits per heavy atom. The Labute approximate surface area is 153 Å². The van der Waals surface area contributed by atoms with E-state index in [1.54, 1.807) is 0 Å². The van der Waals surface area contributed by atoms with E-state index in [1.807, 2.05) is 42.2 Å². The molecule has 0 bridgehead atoms. The summed E-state index contributed by atoms with van der Waals surface area (Å²) in [6, 6.07) is 11.6. The number of rotatable bonds is 4. The highest BCUT2D eigenvalue weighted by Gasteiger charge is 2.48. The van der Waals surface area contributed by atoms with Crippen LogP contribution in [0.4, 0.5) is 0 Å². The predicted octanol–water partition coefficient (Wildman–Crippen LogP) is 3.52. The molecule has 25 heavy (non-hydrogen) atoms. The maximum absolute atomic E-state index is 12.6. The van der Waals surface area contributed by atoms with E-state index in [9.17, 15) is 4.79 Å². The quantitative estimate of drug-likeness (QED) is 0.839. The number of benzene rings is 1. The van der Waals surface area contributed by atoms with Crippen molar-refractivity contribution in [3.05, 3.63) is 58.5 Å². The third-order valence-electron chi connectivity index (χ3n) is 5.35. The van der Waals surface area contributed by atoms with Gasteiger partial charge in [0.2, 0.25) is 5.91 Å². The van der Waals surface area contributed by atoms with Crippen LogP contribution >= 0.6 is 11.6 Å². The molecule has 0 aliphatic carbocycles. The van der Waals surface area contributed by atoms with Crippen LogP contribution in [-0.4, -0.2) is 41.9 Å². The zero-order valence-electron chi connectivity index (χ0n) is 14.5. The lowest BCUT2D eigenvalue weighted by atomic mass is 9.79. The zero-order chi connectivity index (χ0) is 17.4.